The fourth-order valence-corrected chi connectivity index (χ4v) is 2.68. The fourth-order valence-electron chi connectivity index (χ4n) is 2.68. The second kappa shape index (κ2) is 6.43. The molecule has 3 heteroatoms. The number of nitrogens with one attached hydrogen (secondary N) is 1. The molecule has 1 unspecified atom stereocenters. The van der Waals surface area contributed by atoms with Gasteiger partial charge in [0.1, 0.15) is 6.04 Å². The van der Waals surface area contributed by atoms with Crippen LogP contribution in [-0.4, -0.2) is 19.1 Å². The highest BCUT2D eigenvalue weighted by Gasteiger charge is 2.30. The monoisotopic (exact) mass is 247 g/mol. The lowest BCUT2D eigenvalue weighted by molar-refractivity contribution is -0.143. The molecule has 0 aromatic heterocycles. The fraction of sp³-hybridized carbons (Fsp3) is 0.533. The van der Waals surface area contributed by atoms with Gasteiger partial charge in [-0.3, -0.25) is 0 Å². The first-order valence-electron chi connectivity index (χ1n) is 6.70. The van der Waals surface area contributed by atoms with E-state index in [2.05, 4.69) is 5.32 Å². The summed E-state index contributed by atoms with van der Waals surface area (Å²) in [6, 6.07) is 9.67. The van der Waals surface area contributed by atoms with E-state index in [1.54, 1.807) is 0 Å². The van der Waals surface area contributed by atoms with Crippen molar-refractivity contribution in [3.8, 4) is 0 Å². The first-order valence-corrected chi connectivity index (χ1v) is 6.70. The van der Waals surface area contributed by atoms with Crippen LogP contribution in [0.15, 0.2) is 30.3 Å². The molecule has 1 atom stereocenters. The van der Waals surface area contributed by atoms with E-state index in [0.717, 1.165) is 18.5 Å². The third kappa shape index (κ3) is 3.25. The minimum atomic E-state index is -0.210. The molecule has 1 aromatic rings. The Labute approximate surface area is 109 Å². The summed E-state index contributed by atoms with van der Waals surface area (Å²) in [5.74, 6) is 0.247. The van der Waals surface area contributed by atoms with Crippen LogP contribution in [0.3, 0.4) is 0 Å². The van der Waals surface area contributed by atoms with Gasteiger partial charge in [-0.05, 0) is 30.9 Å². The second-order valence-electron chi connectivity index (χ2n) is 4.91. The van der Waals surface area contributed by atoms with Gasteiger partial charge < -0.3 is 10.1 Å². The first-order chi connectivity index (χ1) is 8.81. The minimum Gasteiger partial charge on any atom is -0.467 e. The maximum absolute atomic E-state index is 11.9. The molecular weight excluding hydrogens is 226 g/mol. The Morgan fingerprint density at radius 1 is 1.22 bits per heavy atom. The van der Waals surface area contributed by atoms with Gasteiger partial charge in [-0.25, -0.2) is 4.79 Å². The molecule has 0 saturated heterocycles. The van der Waals surface area contributed by atoms with E-state index in [0.29, 0.717) is 5.92 Å². The van der Waals surface area contributed by atoms with Crippen LogP contribution < -0.4 is 5.32 Å². The molecule has 1 N–H and O–H groups in total. The predicted octanol–water partition coefficient (Wildman–Crippen LogP) is 3.22. The van der Waals surface area contributed by atoms with E-state index in [1.807, 2.05) is 30.3 Å². The molecule has 1 fully saturated rings. The molecule has 2 rings (SSSR count). The summed E-state index contributed by atoms with van der Waals surface area (Å²) in [5.41, 5.74) is 0.985. The van der Waals surface area contributed by atoms with Gasteiger partial charge in [-0.1, -0.05) is 37.5 Å². The highest BCUT2D eigenvalue weighted by molar-refractivity contribution is 5.79. The quantitative estimate of drug-likeness (QED) is 0.830. The number of anilines is 1. The van der Waals surface area contributed by atoms with Gasteiger partial charge >= 0.3 is 5.97 Å². The normalized spacial score (nSPS) is 18.1. The summed E-state index contributed by atoms with van der Waals surface area (Å²) in [5, 5.41) is 3.32. The standard InChI is InChI=1S/C15H21NO2/c1-18-15(17)14(12-8-4-2-5-9-12)16-13-10-6-3-7-11-13/h3,6-7,10-12,14,16H,2,4-5,8-9H2,1H3. The Balaban J connectivity index is 2.07. The maximum atomic E-state index is 11.9. The third-order valence-electron chi connectivity index (χ3n) is 3.67. The summed E-state index contributed by atoms with van der Waals surface area (Å²) in [4.78, 5) is 11.9. The van der Waals surface area contributed by atoms with Crippen LogP contribution in [-0.2, 0) is 9.53 Å². The van der Waals surface area contributed by atoms with Crippen molar-refractivity contribution >= 4 is 11.7 Å². The number of para-hydroxylation sites is 1. The van der Waals surface area contributed by atoms with Gasteiger partial charge in [0.15, 0.2) is 0 Å². The lowest BCUT2D eigenvalue weighted by Crippen LogP contribution is -2.38. The van der Waals surface area contributed by atoms with Gasteiger partial charge in [-0.2, -0.15) is 0 Å². The van der Waals surface area contributed by atoms with Crippen LogP contribution in [0, 0.1) is 5.92 Å². The number of hydrogen-bond acceptors (Lipinski definition) is 3. The molecule has 1 aromatic carbocycles. The van der Waals surface area contributed by atoms with E-state index in [4.69, 9.17) is 4.74 Å². The topological polar surface area (TPSA) is 38.3 Å². The van der Waals surface area contributed by atoms with Crippen LogP contribution in [0.5, 0.6) is 0 Å². The van der Waals surface area contributed by atoms with Crippen molar-refractivity contribution in [3.05, 3.63) is 30.3 Å². The molecule has 1 aliphatic rings. The molecule has 1 aliphatic carbocycles. The van der Waals surface area contributed by atoms with E-state index in [1.165, 1.54) is 26.4 Å². The van der Waals surface area contributed by atoms with Crippen LogP contribution in [0.2, 0.25) is 0 Å². The minimum absolute atomic E-state index is 0.147. The molecular formula is C15H21NO2. The van der Waals surface area contributed by atoms with E-state index < -0.39 is 0 Å². The van der Waals surface area contributed by atoms with Gasteiger partial charge in [0.25, 0.3) is 0 Å². The van der Waals surface area contributed by atoms with Crippen molar-refractivity contribution in [2.45, 2.75) is 38.1 Å². The predicted molar refractivity (Wildman–Crippen MR) is 72.4 cm³/mol. The molecule has 0 heterocycles. The number of ether oxygens (including phenoxy) is 1. The maximum Gasteiger partial charge on any atom is 0.328 e. The third-order valence-corrected chi connectivity index (χ3v) is 3.67. The van der Waals surface area contributed by atoms with Crippen LogP contribution in [0.1, 0.15) is 32.1 Å². The number of hydrogen-bond donors (Lipinski definition) is 1. The lowest BCUT2D eigenvalue weighted by atomic mass is 9.83. The van der Waals surface area contributed by atoms with Crippen molar-refractivity contribution < 1.29 is 9.53 Å². The smallest absolute Gasteiger partial charge is 0.328 e. The Morgan fingerprint density at radius 3 is 2.50 bits per heavy atom. The highest BCUT2D eigenvalue weighted by atomic mass is 16.5. The Bertz CT molecular complexity index is 371. The molecule has 1 saturated carbocycles. The Kier molecular flexibility index (Phi) is 4.62. The zero-order valence-electron chi connectivity index (χ0n) is 10.9. The van der Waals surface area contributed by atoms with Crippen molar-refractivity contribution in [1.29, 1.82) is 0 Å². The summed E-state index contributed by atoms with van der Waals surface area (Å²) in [6.45, 7) is 0. The number of methoxy groups -OCH3 is 1. The zero-order valence-corrected chi connectivity index (χ0v) is 10.9. The van der Waals surface area contributed by atoms with Gasteiger partial charge in [-0.15, -0.1) is 0 Å². The largest absolute Gasteiger partial charge is 0.467 e. The van der Waals surface area contributed by atoms with E-state index >= 15 is 0 Å². The van der Waals surface area contributed by atoms with Gasteiger partial charge in [0.05, 0.1) is 7.11 Å². The number of rotatable bonds is 4. The van der Waals surface area contributed by atoms with Crippen LogP contribution in [0.4, 0.5) is 5.69 Å². The molecule has 18 heavy (non-hydrogen) atoms. The molecule has 0 bridgehead atoms. The molecule has 0 spiro atoms. The zero-order chi connectivity index (χ0) is 12.8. The first kappa shape index (κ1) is 12.9. The van der Waals surface area contributed by atoms with Crippen molar-refractivity contribution in [1.82, 2.24) is 0 Å². The molecule has 0 amide bonds. The number of esters is 1. The van der Waals surface area contributed by atoms with Crippen molar-refractivity contribution in [2.24, 2.45) is 5.92 Å². The number of carbonyl (C=O) groups is 1. The molecule has 3 nitrogen and oxygen atoms in total. The number of benzene rings is 1. The SMILES string of the molecule is COC(=O)C(Nc1ccccc1)C1CCCCC1. The number of carbonyl (C=O) groups excluding carboxylic acids is 1. The molecule has 98 valence electrons. The summed E-state index contributed by atoms with van der Waals surface area (Å²) < 4.78 is 4.94. The summed E-state index contributed by atoms with van der Waals surface area (Å²) in [6.07, 6.45) is 5.94. The average Bonchev–Trinajstić information content (AvgIpc) is 2.46. The Hall–Kier alpha value is -1.51. The lowest BCUT2D eigenvalue weighted by Gasteiger charge is -2.29. The van der Waals surface area contributed by atoms with Crippen molar-refractivity contribution in [2.75, 3.05) is 12.4 Å². The van der Waals surface area contributed by atoms with Gasteiger partial charge in [0, 0.05) is 5.69 Å². The van der Waals surface area contributed by atoms with Crippen LogP contribution >= 0.6 is 0 Å². The van der Waals surface area contributed by atoms with Crippen molar-refractivity contribution in [3.63, 3.8) is 0 Å². The van der Waals surface area contributed by atoms with Gasteiger partial charge in [0.2, 0.25) is 0 Å². The molecule has 0 radical (unpaired) electrons. The Morgan fingerprint density at radius 2 is 1.89 bits per heavy atom. The molecule has 0 aliphatic heterocycles. The second-order valence-corrected chi connectivity index (χ2v) is 4.91. The summed E-state index contributed by atoms with van der Waals surface area (Å²) >= 11 is 0. The average molecular weight is 247 g/mol. The van der Waals surface area contributed by atoms with E-state index in [9.17, 15) is 4.79 Å². The van der Waals surface area contributed by atoms with E-state index in [-0.39, 0.29) is 12.0 Å². The highest BCUT2D eigenvalue weighted by Crippen LogP contribution is 2.28. The van der Waals surface area contributed by atoms with Crippen LogP contribution in [0.25, 0.3) is 0 Å². The summed E-state index contributed by atoms with van der Waals surface area (Å²) in [7, 11) is 1.46.